The largest absolute Gasteiger partial charge is 0.463 e. The summed E-state index contributed by atoms with van der Waals surface area (Å²) in [5, 5.41) is 9.70. The van der Waals surface area contributed by atoms with Gasteiger partial charge in [-0.1, -0.05) is 110 Å². The van der Waals surface area contributed by atoms with Crippen LogP contribution in [-0.2, 0) is 14.3 Å². The van der Waals surface area contributed by atoms with Gasteiger partial charge in [-0.05, 0) is 12.8 Å². The predicted molar refractivity (Wildman–Crippen MR) is 122 cm³/mol. The van der Waals surface area contributed by atoms with Crippen molar-refractivity contribution in [3.8, 4) is 0 Å². The highest BCUT2D eigenvalue weighted by Crippen LogP contribution is 2.13. The number of aliphatic hydroxyl groups excluding tert-OH is 1. The number of hydrogen-bond donors (Lipinski definition) is 1. The number of rotatable bonds is 23. The van der Waals surface area contributed by atoms with Gasteiger partial charge in [-0.25, -0.2) is 0 Å². The molecular formula is C25H50O4. The molecule has 0 bridgehead atoms. The van der Waals surface area contributed by atoms with Gasteiger partial charge in [0.15, 0.2) is 0 Å². The van der Waals surface area contributed by atoms with E-state index in [-0.39, 0.29) is 19.2 Å². The molecule has 0 radical (unpaired) electrons. The van der Waals surface area contributed by atoms with Gasteiger partial charge in [-0.3, -0.25) is 4.79 Å². The van der Waals surface area contributed by atoms with Crippen LogP contribution in [0.5, 0.6) is 0 Å². The molecule has 0 heterocycles. The molecule has 0 aliphatic carbocycles. The number of carbonyl (C=O) groups excluding carboxylic acids is 1. The predicted octanol–water partition coefficient (Wildman–Crippen LogP) is 6.97. The number of aliphatic hydroxyl groups is 1. The van der Waals surface area contributed by atoms with Crippen molar-refractivity contribution >= 4 is 5.97 Å². The first-order valence-electron chi connectivity index (χ1n) is 12.6. The summed E-state index contributed by atoms with van der Waals surface area (Å²) in [6.07, 6.45) is 21.6. The standard InChI is InChI=1S/C25H50O4/c1-3-5-7-8-9-10-11-12-13-14-15-16-17-18-19-20-25(27)29-23-24(26)22-28-21-6-4-2/h24,26H,3-23H2,1-2H3. The van der Waals surface area contributed by atoms with Gasteiger partial charge in [-0.15, -0.1) is 0 Å². The molecule has 1 unspecified atom stereocenters. The highest BCUT2D eigenvalue weighted by Gasteiger charge is 2.09. The smallest absolute Gasteiger partial charge is 0.305 e. The van der Waals surface area contributed by atoms with E-state index in [2.05, 4.69) is 13.8 Å². The van der Waals surface area contributed by atoms with E-state index < -0.39 is 6.10 Å². The third-order valence-electron chi connectivity index (χ3n) is 5.37. The molecule has 0 saturated carbocycles. The van der Waals surface area contributed by atoms with Crippen LogP contribution in [0.2, 0.25) is 0 Å². The molecule has 174 valence electrons. The Hall–Kier alpha value is -0.610. The molecule has 0 aromatic heterocycles. The van der Waals surface area contributed by atoms with Crippen LogP contribution in [0, 0.1) is 0 Å². The first-order chi connectivity index (χ1) is 14.2. The van der Waals surface area contributed by atoms with Gasteiger partial charge in [0.1, 0.15) is 12.7 Å². The van der Waals surface area contributed by atoms with Crippen LogP contribution in [0.1, 0.15) is 129 Å². The van der Waals surface area contributed by atoms with E-state index in [0.717, 1.165) is 25.7 Å². The molecule has 0 fully saturated rings. The minimum atomic E-state index is -0.711. The average molecular weight is 415 g/mol. The molecule has 0 saturated heterocycles. The third kappa shape index (κ3) is 23.5. The summed E-state index contributed by atoms with van der Waals surface area (Å²) in [6.45, 7) is 5.31. The van der Waals surface area contributed by atoms with Crippen LogP contribution in [0.25, 0.3) is 0 Å². The van der Waals surface area contributed by atoms with Crippen molar-refractivity contribution in [1.82, 2.24) is 0 Å². The van der Waals surface area contributed by atoms with Crippen LogP contribution in [0.3, 0.4) is 0 Å². The summed E-state index contributed by atoms with van der Waals surface area (Å²) in [7, 11) is 0. The minimum absolute atomic E-state index is 0.0453. The van der Waals surface area contributed by atoms with Gasteiger partial charge in [0.25, 0.3) is 0 Å². The lowest BCUT2D eigenvalue weighted by Gasteiger charge is -2.11. The zero-order valence-electron chi connectivity index (χ0n) is 19.6. The van der Waals surface area contributed by atoms with E-state index in [1.165, 1.54) is 83.5 Å². The zero-order chi connectivity index (χ0) is 21.4. The number of hydrogen-bond acceptors (Lipinski definition) is 4. The minimum Gasteiger partial charge on any atom is -0.463 e. The van der Waals surface area contributed by atoms with Gasteiger partial charge in [0.05, 0.1) is 6.61 Å². The quantitative estimate of drug-likeness (QED) is 0.145. The molecule has 0 aliphatic rings. The second kappa shape index (κ2) is 23.7. The normalized spacial score (nSPS) is 12.2. The maximum Gasteiger partial charge on any atom is 0.305 e. The zero-order valence-corrected chi connectivity index (χ0v) is 19.6. The molecule has 1 atom stereocenters. The topological polar surface area (TPSA) is 55.8 Å². The Labute approximate surface area is 181 Å². The van der Waals surface area contributed by atoms with E-state index in [9.17, 15) is 9.90 Å². The SMILES string of the molecule is CCCCCCCCCCCCCCCCCC(=O)OCC(O)COCCCC. The van der Waals surface area contributed by atoms with Crippen LogP contribution in [0.15, 0.2) is 0 Å². The molecular weight excluding hydrogens is 364 g/mol. The van der Waals surface area contributed by atoms with Crippen molar-refractivity contribution in [2.45, 2.75) is 136 Å². The molecule has 0 aromatic carbocycles. The van der Waals surface area contributed by atoms with Crippen molar-refractivity contribution in [3.05, 3.63) is 0 Å². The Bertz CT molecular complexity index is 333. The molecule has 0 aromatic rings. The summed E-state index contributed by atoms with van der Waals surface area (Å²) in [5.41, 5.74) is 0. The fraction of sp³-hybridized carbons (Fsp3) is 0.960. The monoisotopic (exact) mass is 414 g/mol. The van der Waals surface area contributed by atoms with E-state index >= 15 is 0 Å². The summed E-state index contributed by atoms with van der Waals surface area (Å²) in [4.78, 5) is 11.7. The van der Waals surface area contributed by atoms with Crippen molar-refractivity contribution in [1.29, 1.82) is 0 Å². The second-order valence-corrected chi connectivity index (χ2v) is 8.47. The first kappa shape index (κ1) is 28.4. The lowest BCUT2D eigenvalue weighted by Crippen LogP contribution is -2.24. The van der Waals surface area contributed by atoms with E-state index in [0.29, 0.717) is 13.0 Å². The molecule has 4 nitrogen and oxygen atoms in total. The Morgan fingerprint density at radius 2 is 1.10 bits per heavy atom. The molecule has 0 aliphatic heterocycles. The van der Waals surface area contributed by atoms with Gasteiger partial charge < -0.3 is 14.6 Å². The molecule has 29 heavy (non-hydrogen) atoms. The Morgan fingerprint density at radius 3 is 1.59 bits per heavy atom. The fourth-order valence-corrected chi connectivity index (χ4v) is 3.42. The average Bonchev–Trinajstić information content (AvgIpc) is 2.72. The van der Waals surface area contributed by atoms with Crippen LogP contribution in [0.4, 0.5) is 0 Å². The molecule has 1 N–H and O–H groups in total. The molecule has 0 amide bonds. The van der Waals surface area contributed by atoms with E-state index in [1.807, 2.05) is 0 Å². The van der Waals surface area contributed by atoms with Gasteiger partial charge in [0, 0.05) is 13.0 Å². The van der Waals surface area contributed by atoms with E-state index in [1.54, 1.807) is 0 Å². The summed E-state index contributed by atoms with van der Waals surface area (Å²) < 4.78 is 10.4. The Kier molecular flexibility index (Phi) is 23.2. The van der Waals surface area contributed by atoms with Crippen molar-refractivity contribution in [2.75, 3.05) is 19.8 Å². The lowest BCUT2D eigenvalue weighted by molar-refractivity contribution is -0.147. The van der Waals surface area contributed by atoms with Gasteiger partial charge in [0.2, 0.25) is 0 Å². The number of ether oxygens (including phenoxy) is 2. The van der Waals surface area contributed by atoms with Crippen molar-refractivity contribution in [2.24, 2.45) is 0 Å². The molecule has 0 rings (SSSR count). The van der Waals surface area contributed by atoms with Crippen molar-refractivity contribution in [3.63, 3.8) is 0 Å². The maximum absolute atomic E-state index is 11.7. The lowest BCUT2D eigenvalue weighted by atomic mass is 10.0. The number of unbranched alkanes of at least 4 members (excludes halogenated alkanes) is 15. The van der Waals surface area contributed by atoms with Gasteiger partial charge in [-0.2, -0.15) is 0 Å². The molecule has 0 spiro atoms. The highest BCUT2D eigenvalue weighted by molar-refractivity contribution is 5.69. The maximum atomic E-state index is 11.7. The summed E-state index contributed by atoms with van der Waals surface area (Å²) in [5.74, 6) is -0.202. The summed E-state index contributed by atoms with van der Waals surface area (Å²) >= 11 is 0. The summed E-state index contributed by atoms with van der Waals surface area (Å²) in [6, 6.07) is 0. The Balaban J connectivity index is 3.22. The first-order valence-corrected chi connectivity index (χ1v) is 12.6. The molecule has 4 heteroatoms. The van der Waals surface area contributed by atoms with Crippen LogP contribution in [-0.4, -0.2) is 37.0 Å². The fourth-order valence-electron chi connectivity index (χ4n) is 3.42. The van der Waals surface area contributed by atoms with Crippen LogP contribution >= 0.6 is 0 Å². The third-order valence-corrected chi connectivity index (χ3v) is 5.37. The highest BCUT2D eigenvalue weighted by atomic mass is 16.5. The number of carbonyl (C=O) groups is 1. The Morgan fingerprint density at radius 1 is 0.655 bits per heavy atom. The second-order valence-electron chi connectivity index (χ2n) is 8.47. The van der Waals surface area contributed by atoms with Gasteiger partial charge >= 0.3 is 5.97 Å². The van der Waals surface area contributed by atoms with Crippen LogP contribution < -0.4 is 0 Å². The van der Waals surface area contributed by atoms with E-state index in [4.69, 9.17) is 9.47 Å². The van der Waals surface area contributed by atoms with Crippen molar-refractivity contribution < 1.29 is 19.4 Å². The number of esters is 1.